The number of hydrogen-bond donors (Lipinski definition) is 1. The Labute approximate surface area is 212 Å². The van der Waals surface area contributed by atoms with E-state index in [1.165, 1.54) is 11.8 Å². The Bertz CT molecular complexity index is 1260. The molecule has 3 aromatic rings. The predicted molar refractivity (Wildman–Crippen MR) is 143 cm³/mol. The van der Waals surface area contributed by atoms with E-state index < -0.39 is 15.9 Å². The van der Waals surface area contributed by atoms with Crippen LogP contribution in [0.15, 0.2) is 76.5 Å². The highest BCUT2D eigenvalue weighted by Crippen LogP contribution is 2.27. The zero-order valence-electron chi connectivity index (χ0n) is 20.7. The molecule has 0 saturated heterocycles. The maximum atomic E-state index is 13.6. The van der Waals surface area contributed by atoms with Gasteiger partial charge in [-0.2, -0.15) is 0 Å². The minimum atomic E-state index is -3.99. The third-order valence-corrected chi connectivity index (χ3v) is 8.17. The Kier molecular flexibility index (Phi) is 8.86. The number of nitrogens with zero attached hydrogens (tertiary/aromatic N) is 1. The van der Waals surface area contributed by atoms with Gasteiger partial charge >= 0.3 is 0 Å². The molecule has 0 unspecified atom stereocenters. The first kappa shape index (κ1) is 26.6. The zero-order valence-corrected chi connectivity index (χ0v) is 22.4. The monoisotopic (exact) mass is 512 g/mol. The number of carbonyl (C=O) groups is 1. The summed E-state index contributed by atoms with van der Waals surface area (Å²) in [6, 6.07) is 19.2. The van der Waals surface area contributed by atoms with Crippen molar-refractivity contribution in [2.24, 2.45) is 0 Å². The highest BCUT2D eigenvalue weighted by atomic mass is 32.2. The molecule has 1 atom stereocenters. The molecular formula is C27H32N2O4S2. The van der Waals surface area contributed by atoms with Gasteiger partial charge in [0.2, 0.25) is 5.91 Å². The summed E-state index contributed by atoms with van der Waals surface area (Å²) in [5.41, 5.74) is 3.59. The van der Waals surface area contributed by atoms with Crippen LogP contribution in [-0.4, -0.2) is 33.7 Å². The average Bonchev–Trinajstić information content (AvgIpc) is 2.83. The van der Waals surface area contributed by atoms with Crippen LogP contribution in [0.25, 0.3) is 0 Å². The van der Waals surface area contributed by atoms with Gasteiger partial charge in [-0.25, -0.2) is 8.42 Å². The number of aryl methyl sites for hydroxylation is 2. The summed E-state index contributed by atoms with van der Waals surface area (Å²) < 4.78 is 33.9. The predicted octanol–water partition coefficient (Wildman–Crippen LogP) is 5.50. The highest BCUT2D eigenvalue weighted by molar-refractivity contribution is 7.98. The largest absolute Gasteiger partial charge is 0.494 e. The second-order valence-corrected chi connectivity index (χ2v) is 11.0. The first-order chi connectivity index (χ1) is 16.6. The van der Waals surface area contributed by atoms with E-state index >= 15 is 0 Å². The van der Waals surface area contributed by atoms with Crippen LogP contribution >= 0.6 is 11.8 Å². The van der Waals surface area contributed by atoms with Gasteiger partial charge in [-0.1, -0.05) is 23.8 Å². The smallest absolute Gasteiger partial charge is 0.264 e. The van der Waals surface area contributed by atoms with Gasteiger partial charge in [-0.05, 0) is 93.6 Å². The maximum absolute atomic E-state index is 13.6. The number of rotatable bonds is 10. The first-order valence-corrected chi connectivity index (χ1v) is 14.1. The van der Waals surface area contributed by atoms with E-state index in [-0.39, 0.29) is 17.5 Å². The standard InChI is InChI=1S/C27H32N2O4S2/c1-6-33-23-10-8-22(9-11-23)29(35(31,32)25-14-12-24(34-5)13-15-25)18-27(30)28-21(4)26-16-7-19(2)17-20(26)3/h7-17,21H,6,18H2,1-5H3,(H,28,30)/t21-/m1/s1. The zero-order chi connectivity index (χ0) is 25.6. The summed E-state index contributed by atoms with van der Waals surface area (Å²) in [5, 5.41) is 2.96. The summed E-state index contributed by atoms with van der Waals surface area (Å²) in [5.74, 6) is 0.238. The summed E-state index contributed by atoms with van der Waals surface area (Å²) in [6.45, 7) is 7.94. The minimum absolute atomic E-state index is 0.124. The molecule has 0 aromatic heterocycles. The van der Waals surface area contributed by atoms with E-state index in [0.717, 1.165) is 25.9 Å². The van der Waals surface area contributed by atoms with Crippen molar-refractivity contribution in [1.29, 1.82) is 0 Å². The van der Waals surface area contributed by atoms with Crippen molar-refractivity contribution in [2.45, 2.75) is 43.5 Å². The van der Waals surface area contributed by atoms with Crippen molar-refractivity contribution in [1.82, 2.24) is 5.32 Å². The van der Waals surface area contributed by atoms with Crippen molar-refractivity contribution in [3.8, 4) is 5.75 Å². The van der Waals surface area contributed by atoms with E-state index in [2.05, 4.69) is 11.4 Å². The lowest BCUT2D eigenvalue weighted by molar-refractivity contribution is -0.120. The number of nitrogens with one attached hydrogen (secondary N) is 1. The van der Waals surface area contributed by atoms with Gasteiger partial charge in [-0.3, -0.25) is 9.10 Å². The molecule has 35 heavy (non-hydrogen) atoms. The van der Waals surface area contributed by atoms with Crippen LogP contribution in [-0.2, 0) is 14.8 Å². The lowest BCUT2D eigenvalue weighted by atomic mass is 10.0. The topological polar surface area (TPSA) is 75.7 Å². The Morgan fingerprint density at radius 1 is 1.03 bits per heavy atom. The molecule has 0 saturated carbocycles. The molecule has 0 fully saturated rings. The lowest BCUT2D eigenvalue weighted by Gasteiger charge is -2.25. The van der Waals surface area contributed by atoms with E-state index in [0.29, 0.717) is 18.0 Å². The van der Waals surface area contributed by atoms with Crippen LogP contribution in [0.3, 0.4) is 0 Å². The molecule has 1 N–H and O–H groups in total. The number of carbonyl (C=O) groups excluding carboxylic acids is 1. The van der Waals surface area contributed by atoms with Crippen molar-refractivity contribution in [3.05, 3.63) is 83.4 Å². The number of ether oxygens (including phenoxy) is 1. The summed E-state index contributed by atoms with van der Waals surface area (Å²) in [6.07, 6.45) is 1.93. The number of anilines is 1. The number of thioether (sulfide) groups is 1. The van der Waals surface area contributed by atoms with Crippen LogP contribution in [0.4, 0.5) is 5.69 Å². The SMILES string of the molecule is CCOc1ccc(N(CC(=O)N[C@H](C)c2ccc(C)cc2C)S(=O)(=O)c2ccc(SC)cc2)cc1. The number of benzene rings is 3. The van der Waals surface area contributed by atoms with E-state index in [4.69, 9.17) is 4.74 Å². The van der Waals surface area contributed by atoms with Crippen molar-refractivity contribution < 1.29 is 17.9 Å². The molecule has 6 nitrogen and oxygen atoms in total. The van der Waals surface area contributed by atoms with Crippen LogP contribution in [0.1, 0.15) is 36.6 Å². The molecular weight excluding hydrogens is 480 g/mol. The number of amides is 1. The Balaban J connectivity index is 1.90. The molecule has 0 radical (unpaired) electrons. The van der Waals surface area contributed by atoms with Gasteiger partial charge in [0.05, 0.1) is 23.2 Å². The second kappa shape index (κ2) is 11.6. The number of hydrogen-bond acceptors (Lipinski definition) is 5. The average molecular weight is 513 g/mol. The van der Waals surface area contributed by atoms with Gasteiger partial charge in [0.1, 0.15) is 12.3 Å². The Hall–Kier alpha value is -2.97. The van der Waals surface area contributed by atoms with E-state index in [1.807, 2.05) is 46.1 Å². The molecule has 3 aromatic carbocycles. The molecule has 8 heteroatoms. The lowest BCUT2D eigenvalue weighted by Crippen LogP contribution is -2.41. The van der Waals surface area contributed by atoms with Crippen molar-refractivity contribution >= 4 is 33.4 Å². The molecule has 186 valence electrons. The Morgan fingerprint density at radius 3 is 2.26 bits per heavy atom. The van der Waals surface area contributed by atoms with Gasteiger partial charge < -0.3 is 10.1 Å². The van der Waals surface area contributed by atoms with Crippen LogP contribution in [0.2, 0.25) is 0 Å². The molecule has 0 spiro atoms. The summed E-state index contributed by atoms with van der Waals surface area (Å²) in [7, 11) is -3.99. The molecule has 0 aliphatic carbocycles. The third kappa shape index (κ3) is 6.58. The van der Waals surface area contributed by atoms with Crippen LogP contribution < -0.4 is 14.4 Å². The van der Waals surface area contributed by atoms with E-state index in [9.17, 15) is 13.2 Å². The molecule has 0 aliphatic rings. The van der Waals surface area contributed by atoms with Gasteiger partial charge in [0.15, 0.2) is 0 Å². The van der Waals surface area contributed by atoms with Gasteiger partial charge in [0, 0.05) is 4.90 Å². The Morgan fingerprint density at radius 2 is 1.69 bits per heavy atom. The highest BCUT2D eigenvalue weighted by Gasteiger charge is 2.28. The molecule has 0 heterocycles. The number of sulfonamides is 1. The van der Waals surface area contributed by atoms with Crippen LogP contribution in [0.5, 0.6) is 5.75 Å². The molecule has 0 aliphatic heterocycles. The fraction of sp³-hybridized carbons (Fsp3) is 0.296. The third-order valence-electron chi connectivity index (χ3n) is 5.64. The quantitative estimate of drug-likeness (QED) is 0.363. The fourth-order valence-electron chi connectivity index (χ4n) is 3.87. The van der Waals surface area contributed by atoms with Crippen LogP contribution in [0, 0.1) is 13.8 Å². The fourth-order valence-corrected chi connectivity index (χ4v) is 5.70. The maximum Gasteiger partial charge on any atom is 0.264 e. The normalized spacial score (nSPS) is 12.1. The first-order valence-electron chi connectivity index (χ1n) is 11.4. The molecule has 1 amide bonds. The van der Waals surface area contributed by atoms with Gasteiger partial charge in [-0.15, -0.1) is 11.8 Å². The minimum Gasteiger partial charge on any atom is -0.494 e. The van der Waals surface area contributed by atoms with Crippen molar-refractivity contribution in [2.75, 3.05) is 23.7 Å². The second-order valence-electron chi connectivity index (χ2n) is 8.26. The molecule has 0 bridgehead atoms. The summed E-state index contributed by atoms with van der Waals surface area (Å²) >= 11 is 1.53. The summed E-state index contributed by atoms with van der Waals surface area (Å²) in [4.78, 5) is 14.2. The molecule has 3 rings (SSSR count). The van der Waals surface area contributed by atoms with E-state index in [1.54, 1.807) is 48.5 Å². The van der Waals surface area contributed by atoms with Gasteiger partial charge in [0.25, 0.3) is 10.0 Å². The van der Waals surface area contributed by atoms with Crippen molar-refractivity contribution in [3.63, 3.8) is 0 Å².